The van der Waals surface area contributed by atoms with Crippen molar-refractivity contribution in [3.05, 3.63) is 45.9 Å². The topological polar surface area (TPSA) is 62.7 Å². The maximum atomic E-state index is 12.6. The molecule has 0 aliphatic heterocycles. The molecule has 1 aromatic carbocycles. The minimum absolute atomic E-state index is 0.0123. The number of thiazole rings is 1. The molecule has 1 aliphatic carbocycles. The predicted octanol–water partition coefficient (Wildman–Crippen LogP) is 2.63. The van der Waals surface area contributed by atoms with Gasteiger partial charge in [0.2, 0.25) is 0 Å². The maximum Gasteiger partial charge on any atom is 0.254 e. The number of rotatable bonds is 7. The molecule has 2 aromatic rings. The average Bonchev–Trinajstić information content (AvgIpc) is 3.32. The normalized spacial score (nSPS) is 13.8. The smallest absolute Gasteiger partial charge is 0.254 e. The molecule has 0 unspecified atom stereocenters. The molecule has 1 N–H and O–H groups in total. The number of aromatic nitrogens is 1. The highest BCUT2D eigenvalue weighted by molar-refractivity contribution is 7.09. The molecule has 1 heterocycles. The van der Waals surface area contributed by atoms with E-state index in [0.717, 1.165) is 23.5 Å². The molecule has 5 nitrogen and oxygen atoms in total. The van der Waals surface area contributed by atoms with Crippen LogP contribution in [0.5, 0.6) is 5.75 Å². The van der Waals surface area contributed by atoms with Gasteiger partial charge in [0.25, 0.3) is 5.91 Å². The molecule has 1 aliphatic rings. The number of nitrogens with zero attached hydrogens (tertiary/aromatic N) is 2. The fourth-order valence-electron chi connectivity index (χ4n) is 2.46. The van der Waals surface area contributed by atoms with E-state index in [0.29, 0.717) is 24.5 Å². The highest BCUT2D eigenvalue weighted by Crippen LogP contribution is 2.28. The summed E-state index contributed by atoms with van der Waals surface area (Å²) in [6.07, 6.45) is 2.04. The van der Waals surface area contributed by atoms with Gasteiger partial charge in [-0.15, -0.1) is 11.3 Å². The second kappa shape index (κ2) is 7.10. The van der Waals surface area contributed by atoms with E-state index in [1.807, 2.05) is 24.4 Å². The molecule has 1 amide bonds. The second-order valence-electron chi connectivity index (χ2n) is 5.63. The standard InChI is InChI=1S/C17H20N2O3S/c1-12-18-14(11-23-12)10-22-16-4-2-3-13(9-16)17(21)19(7-8-20)15-5-6-15/h2-4,9,11,15,20H,5-8,10H2,1H3. The maximum absolute atomic E-state index is 12.6. The van der Waals surface area contributed by atoms with Gasteiger partial charge in [0.05, 0.1) is 17.3 Å². The lowest BCUT2D eigenvalue weighted by atomic mass is 10.2. The van der Waals surface area contributed by atoms with Crippen LogP contribution >= 0.6 is 11.3 Å². The lowest BCUT2D eigenvalue weighted by Crippen LogP contribution is -2.35. The van der Waals surface area contributed by atoms with Crippen molar-refractivity contribution in [1.29, 1.82) is 0 Å². The number of hydrogen-bond donors (Lipinski definition) is 1. The van der Waals surface area contributed by atoms with Crippen LogP contribution in [0.3, 0.4) is 0 Å². The Bertz CT molecular complexity index is 682. The molecule has 1 fully saturated rings. The molecule has 1 aromatic heterocycles. The molecule has 0 radical (unpaired) electrons. The summed E-state index contributed by atoms with van der Waals surface area (Å²) in [7, 11) is 0. The summed E-state index contributed by atoms with van der Waals surface area (Å²) < 4.78 is 5.74. The Morgan fingerprint density at radius 3 is 2.96 bits per heavy atom. The van der Waals surface area contributed by atoms with E-state index < -0.39 is 0 Å². The molecule has 3 rings (SSSR count). The van der Waals surface area contributed by atoms with Gasteiger partial charge in [0.1, 0.15) is 12.4 Å². The predicted molar refractivity (Wildman–Crippen MR) is 88.8 cm³/mol. The third kappa shape index (κ3) is 4.09. The number of ether oxygens (including phenoxy) is 1. The molecule has 6 heteroatoms. The van der Waals surface area contributed by atoms with Gasteiger partial charge in [0, 0.05) is 23.5 Å². The zero-order valence-electron chi connectivity index (χ0n) is 13.1. The number of carbonyl (C=O) groups excluding carboxylic acids is 1. The van der Waals surface area contributed by atoms with Gasteiger partial charge in [-0.3, -0.25) is 4.79 Å². The van der Waals surface area contributed by atoms with Crippen molar-refractivity contribution in [3.8, 4) is 5.75 Å². The molecular formula is C17H20N2O3S. The minimum atomic E-state index is -0.0449. The lowest BCUT2D eigenvalue weighted by Gasteiger charge is -2.21. The van der Waals surface area contributed by atoms with E-state index in [1.54, 1.807) is 28.4 Å². The van der Waals surface area contributed by atoms with Crippen LogP contribution in [-0.4, -0.2) is 40.1 Å². The Hall–Kier alpha value is -1.92. The molecule has 0 saturated heterocycles. The van der Waals surface area contributed by atoms with E-state index >= 15 is 0 Å². The van der Waals surface area contributed by atoms with E-state index in [-0.39, 0.29) is 18.6 Å². The van der Waals surface area contributed by atoms with E-state index in [9.17, 15) is 4.79 Å². The van der Waals surface area contributed by atoms with Crippen molar-refractivity contribution in [1.82, 2.24) is 9.88 Å². The Kier molecular flexibility index (Phi) is 4.93. The number of hydrogen-bond acceptors (Lipinski definition) is 5. The number of benzene rings is 1. The van der Waals surface area contributed by atoms with Crippen LogP contribution in [0.1, 0.15) is 33.9 Å². The van der Waals surface area contributed by atoms with Crippen LogP contribution in [0.2, 0.25) is 0 Å². The highest BCUT2D eigenvalue weighted by atomic mass is 32.1. The molecule has 0 spiro atoms. The van der Waals surface area contributed by atoms with Gasteiger partial charge in [-0.05, 0) is 38.0 Å². The summed E-state index contributed by atoms with van der Waals surface area (Å²) in [4.78, 5) is 18.7. The highest BCUT2D eigenvalue weighted by Gasteiger charge is 2.32. The molecule has 0 bridgehead atoms. The number of aliphatic hydroxyl groups excluding tert-OH is 1. The molecule has 1 saturated carbocycles. The zero-order valence-corrected chi connectivity index (χ0v) is 13.9. The van der Waals surface area contributed by atoms with Crippen LogP contribution in [0.4, 0.5) is 0 Å². The monoisotopic (exact) mass is 332 g/mol. The van der Waals surface area contributed by atoms with Crippen molar-refractivity contribution in [2.75, 3.05) is 13.2 Å². The third-order valence-electron chi connectivity index (χ3n) is 3.72. The van der Waals surface area contributed by atoms with Crippen molar-refractivity contribution < 1.29 is 14.6 Å². The Morgan fingerprint density at radius 2 is 2.30 bits per heavy atom. The molecule has 0 atom stereocenters. The first kappa shape index (κ1) is 16.0. The molecule has 122 valence electrons. The van der Waals surface area contributed by atoms with Gasteiger partial charge < -0.3 is 14.7 Å². The quantitative estimate of drug-likeness (QED) is 0.847. The number of amides is 1. The third-order valence-corrected chi connectivity index (χ3v) is 4.55. The van der Waals surface area contributed by atoms with E-state index in [2.05, 4.69) is 4.98 Å². The summed E-state index contributed by atoms with van der Waals surface area (Å²) in [6, 6.07) is 7.48. The lowest BCUT2D eigenvalue weighted by molar-refractivity contribution is 0.0707. The summed E-state index contributed by atoms with van der Waals surface area (Å²) >= 11 is 1.59. The van der Waals surface area contributed by atoms with Gasteiger partial charge >= 0.3 is 0 Å². The summed E-state index contributed by atoms with van der Waals surface area (Å²) in [5, 5.41) is 12.1. The van der Waals surface area contributed by atoms with Crippen molar-refractivity contribution in [2.45, 2.75) is 32.4 Å². The number of aryl methyl sites for hydroxylation is 1. The van der Waals surface area contributed by atoms with Crippen molar-refractivity contribution >= 4 is 17.2 Å². The molecule has 23 heavy (non-hydrogen) atoms. The Balaban J connectivity index is 1.67. The summed E-state index contributed by atoms with van der Waals surface area (Å²) in [5.41, 5.74) is 1.49. The van der Waals surface area contributed by atoms with Gasteiger partial charge in [-0.25, -0.2) is 4.98 Å². The van der Waals surface area contributed by atoms with E-state index in [1.165, 1.54) is 0 Å². The number of aliphatic hydroxyl groups is 1. The number of carbonyl (C=O) groups is 1. The van der Waals surface area contributed by atoms with Gasteiger partial charge in [-0.2, -0.15) is 0 Å². The van der Waals surface area contributed by atoms with Crippen molar-refractivity contribution in [3.63, 3.8) is 0 Å². The first-order valence-electron chi connectivity index (χ1n) is 7.73. The fourth-order valence-corrected chi connectivity index (χ4v) is 3.06. The SMILES string of the molecule is Cc1nc(COc2cccc(C(=O)N(CCO)C3CC3)c2)cs1. The fraction of sp³-hybridized carbons (Fsp3) is 0.412. The zero-order chi connectivity index (χ0) is 16.2. The van der Waals surface area contributed by atoms with Crippen LogP contribution < -0.4 is 4.74 Å². The second-order valence-corrected chi connectivity index (χ2v) is 6.69. The van der Waals surface area contributed by atoms with Crippen LogP contribution in [0.15, 0.2) is 29.6 Å². The molecular weight excluding hydrogens is 312 g/mol. The summed E-state index contributed by atoms with van der Waals surface area (Å²) in [5.74, 6) is 0.609. The van der Waals surface area contributed by atoms with Gasteiger partial charge in [0.15, 0.2) is 0 Å². The Morgan fingerprint density at radius 1 is 1.48 bits per heavy atom. The largest absolute Gasteiger partial charge is 0.487 e. The first-order chi connectivity index (χ1) is 11.2. The minimum Gasteiger partial charge on any atom is -0.487 e. The first-order valence-corrected chi connectivity index (χ1v) is 8.61. The summed E-state index contributed by atoms with van der Waals surface area (Å²) in [6.45, 7) is 2.72. The van der Waals surface area contributed by atoms with Crippen LogP contribution in [0, 0.1) is 6.92 Å². The van der Waals surface area contributed by atoms with Crippen LogP contribution in [-0.2, 0) is 6.61 Å². The van der Waals surface area contributed by atoms with E-state index in [4.69, 9.17) is 9.84 Å². The van der Waals surface area contributed by atoms with Crippen LogP contribution in [0.25, 0.3) is 0 Å². The average molecular weight is 332 g/mol. The van der Waals surface area contributed by atoms with Crippen molar-refractivity contribution in [2.24, 2.45) is 0 Å². The Labute approximate surface area is 139 Å². The van der Waals surface area contributed by atoms with Gasteiger partial charge in [-0.1, -0.05) is 6.07 Å².